The number of hydrogen-bond donors (Lipinski definition) is 1. The summed E-state index contributed by atoms with van der Waals surface area (Å²) in [5, 5.41) is 3.64. The molecule has 1 aromatic heterocycles. The van der Waals surface area contributed by atoms with Crippen molar-refractivity contribution in [1.29, 1.82) is 0 Å². The summed E-state index contributed by atoms with van der Waals surface area (Å²) in [6.07, 6.45) is 5.50. The van der Waals surface area contributed by atoms with Crippen LogP contribution >= 0.6 is 0 Å². The summed E-state index contributed by atoms with van der Waals surface area (Å²) in [4.78, 5) is 6.86. The second-order valence-electron chi connectivity index (χ2n) is 5.66. The molecule has 0 spiro atoms. The van der Waals surface area contributed by atoms with Gasteiger partial charge in [0, 0.05) is 31.9 Å². The topological polar surface area (TPSA) is 28.2 Å². The van der Waals surface area contributed by atoms with E-state index in [2.05, 4.69) is 57.7 Å². The van der Waals surface area contributed by atoms with Crippen LogP contribution in [0.25, 0.3) is 0 Å². The Kier molecular flexibility index (Phi) is 4.85. The van der Waals surface area contributed by atoms with Crippen molar-refractivity contribution in [2.24, 2.45) is 0 Å². The van der Waals surface area contributed by atoms with Crippen molar-refractivity contribution in [2.45, 2.75) is 25.3 Å². The third-order valence-electron chi connectivity index (χ3n) is 4.09. The molecule has 2 aromatic rings. The number of aromatic nitrogens is 1. The van der Waals surface area contributed by atoms with Gasteiger partial charge in [0.25, 0.3) is 0 Å². The SMILES string of the molecule is c1ccc(CCCC2CN(c3ccccn3)CCN2)cc1. The highest BCUT2D eigenvalue weighted by atomic mass is 15.2. The smallest absolute Gasteiger partial charge is 0.128 e. The standard InChI is InChI=1S/C18H23N3/c1-2-7-16(8-3-1)9-6-10-17-15-21(14-13-19-17)18-11-4-5-12-20-18/h1-5,7-8,11-12,17,19H,6,9-10,13-15H2. The zero-order chi connectivity index (χ0) is 14.3. The van der Waals surface area contributed by atoms with Crippen LogP contribution in [0.5, 0.6) is 0 Å². The molecule has 1 atom stereocenters. The van der Waals surface area contributed by atoms with Crippen molar-refractivity contribution in [3.05, 3.63) is 60.3 Å². The highest BCUT2D eigenvalue weighted by molar-refractivity contribution is 5.38. The molecule has 110 valence electrons. The van der Waals surface area contributed by atoms with E-state index in [0.717, 1.165) is 25.5 Å². The lowest BCUT2D eigenvalue weighted by Gasteiger charge is -2.34. The fourth-order valence-corrected chi connectivity index (χ4v) is 2.96. The van der Waals surface area contributed by atoms with Crippen LogP contribution in [-0.2, 0) is 6.42 Å². The van der Waals surface area contributed by atoms with Gasteiger partial charge in [-0.15, -0.1) is 0 Å². The van der Waals surface area contributed by atoms with Crippen LogP contribution in [0.1, 0.15) is 18.4 Å². The first-order valence-corrected chi connectivity index (χ1v) is 7.85. The average molecular weight is 281 g/mol. The molecule has 3 rings (SSSR count). The Hall–Kier alpha value is -1.87. The average Bonchev–Trinajstić information content (AvgIpc) is 2.57. The van der Waals surface area contributed by atoms with E-state index in [0.29, 0.717) is 6.04 Å². The number of rotatable bonds is 5. The predicted octanol–water partition coefficient (Wildman–Crippen LogP) is 2.88. The van der Waals surface area contributed by atoms with Crippen LogP contribution in [0.2, 0.25) is 0 Å². The molecule has 0 amide bonds. The second-order valence-corrected chi connectivity index (χ2v) is 5.66. The number of anilines is 1. The number of nitrogens with one attached hydrogen (secondary N) is 1. The molecule has 0 radical (unpaired) electrons. The summed E-state index contributed by atoms with van der Waals surface area (Å²) in [5.74, 6) is 1.10. The van der Waals surface area contributed by atoms with Gasteiger partial charge in [-0.1, -0.05) is 36.4 Å². The highest BCUT2D eigenvalue weighted by Gasteiger charge is 2.19. The molecule has 1 aliphatic rings. The summed E-state index contributed by atoms with van der Waals surface area (Å²) in [6.45, 7) is 3.16. The van der Waals surface area contributed by atoms with Crippen molar-refractivity contribution in [3.8, 4) is 0 Å². The Bertz CT molecular complexity index is 527. The van der Waals surface area contributed by atoms with Crippen molar-refractivity contribution in [2.75, 3.05) is 24.5 Å². The lowest BCUT2D eigenvalue weighted by molar-refractivity contribution is 0.423. The lowest BCUT2D eigenvalue weighted by Crippen LogP contribution is -2.51. The summed E-state index contributed by atoms with van der Waals surface area (Å²) in [6, 6.07) is 17.5. The van der Waals surface area contributed by atoms with Gasteiger partial charge in [0.15, 0.2) is 0 Å². The zero-order valence-corrected chi connectivity index (χ0v) is 12.4. The number of nitrogens with zero attached hydrogens (tertiary/aromatic N) is 2. The van der Waals surface area contributed by atoms with Gasteiger partial charge >= 0.3 is 0 Å². The van der Waals surface area contributed by atoms with Gasteiger partial charge in [-0.2, -0.15) is 0 Å². The summed E-state index contributed by atoms with van der Waals surface area (Å²) >= 11 is 0. The van der Waals surface area contributed by atoms with E-state index >= 15 is 0 Å². The number of hydrogen-bond acceptors (Lipinski definition) is 3. The number of piperazine rings is 1. The van der Waals surface area contributed by atoms with Crippen LogP contribution in [0.3, 0.4) is 0 Å². The van der Waals surface area contributed by atoms with Gasteiger partial charge in [0.05, 0.1) is 0 Å². The van der Waals surface area contributed by atoms with Gasteiger partial charge < -0.3 is 10.2 Å². The number of pyridine rings is 1. The lowest BCUT2D eigenvalue weighted by atomic mass is 10.0. The molecule has 1 aromatic carbocycles. The summed E-state index contributed by atoms with van der Waals surface area (Å²) in [7, 11) is 0. The van der Waals surface area contributed by atoms with E-state index in [1.807, 2.05) is 12.3 Å². The van der Waals surface area contributed by atoms with E-state index in [-0.39, 0.29) is 0 Å². The molecule has 2 heterocycles. The first-order chi connectivity index (χ1) is 10.4. The molecule has 1 fully saturated rings. The molecule has 21 heavy (non-hydrogen) atoms. The molecule has 0 aliphatic carbocycles. The van der Waals surface area contributed by atoms with Crippen LogP contribution in [0.15, 0.2) is 54.7 Å². The maximum absolute atomic E-state index is 4.46. The Morgan fingerprint density at radius 2 is 1.95 bits per heavy atom. The molecule has 3 nitrogen and oxygen atoms in total. The van der Waals surface area contributed by atoms with Crippen LogP contribution in [0, 0.1) is 0 Å². The minimum Gasteiger partial charge on any atom is -0.354 e. The van der Waals surface area contributed by atoms with Gasteiger partial charge in [-0.3, -0.25) is 0 Å². The minimum atomic E-state index is 0.574. The van der Waals surface area contributed by atoms with E-state index in [1.165, 1.54) is 24.8 Å². The van der Waals surface area contributed by atoms with Gasteiger partial charge in [-0.05, 0) is 37.0 Å². The normalized spacial score (nSPS) is 18.7. The van der Waals surface area contributed by atoms with Gasteiger partial charge in [0.1, 0.15) is 5.82 Å². The second kappa shape index (κ2) is 7.23. The Morgan fingerprint density at radius 1 is 1.10 bits per heavy atom. The largest absolute Gasteiger partial charge is 0.354 e. The Morgan fingerprint density at radius 3 is 2.76 bits per heavy atom. The molecule has 1 unspecified atom stereocenters. The maximum atomic E-state index is 4.46. The molecule has 1 aliphatic heterocycles. The first kappa shape index (κ1) is 14.1. The minimum absolute atomic E-state index is 0.574. The maximum Gasteiger partial charge on any atom is 0.128 e. The molecule has 0 saturated carbocycles. The van der Waals surface area contributed by atoms with Crippen molar-refractivity contribution < 1.29 is 0 Å². The summed E-state index contributed by atoms with van der Waals surface area (Å²) in [5.41, 5.74) is 1.44. The quantitative estimate of drug-likeness (QED) is 0.913. The Balaban J connectivity index is 1.48. The molecule has 1 saturated heterocycles. The van der Waals surface area contributed by atoms with E-state index in [1.54, 1.807) is 0 Å². The molecular formula is C18H23N3. The van der Waals surface area contributed by atoms with Crippen molar-refractivity contribution in [3.63, 3.8) is 0 Å². The molecular weight excluding hydrogens is 258 g/mol. The number of aryl methyl sites for hydroxylation is 1. The van der Waals surface area contributed by atoms with Gasteiger partial charge in [-0.25, -0.2) is 4.98 Å². The fraction of sp³-hybridized carbons (Fsp3) is 0.389. The number of benzene rings is 1. The highest BCUT2D eigenvalue weighted by Crippen LogP contribution is 2.14. The first-order valence-electron chi connectivity index (χ1n) is 7.85. The van der Waals surface area contributed by atoms with E-state index in [4.69, 9.17) is 0 Å². The van der Waals surface area contributed by atoms with Gasteiger partial charge in [0.2, 0.25) is 0 Å². The van der Waals surface area contributed by atoms with Crippen LogP contribution in [0.4, 0.5) is 5.82 Å². The summed E-state index contributed by atoms with van der Waals surface area (Å²) < 4.78 is 0. The van der Waals surface area contributed by atoms with Crippen molar-refractivity contribution >= 4 is 5.82 Å². The Labute approximate surface area is 127 Å². The predicted molar refractivity (Wildman–Crippen MR) is 87.6 cm³/mol. The molecule has 0 bridgehead atoms. The van der Waals surface area contributed by atoms with Crippen LogP contribution in [-0.4, -0.2) is 30.7 Å². The van der Waals surface area contributed by atoms with E-state index < -0.39 is 0 Å². The third kappa shape index (κ3) is 4.05. The third-order valence-corrected chi connectivity index (χ3v) is 4.09. The van der Waals surface area contributed by atoms with Crippen LogP contribution < -0.4 is 10.2 Å². The van der Waals surface area contributed by atoms with Crippen molar-refractivity contribution in [1.82, 2.24) is 10.3 Å². The van der Waals surface area contributed by atoms with E-state index in [9.17, 15) is 0 Å². The zero-order valence-electron chi connectivity index (χ0n) is 12.4. The monoisotopic (exact) mass is 281 g/mol. The fourth-order valence-electron chi connectivity index (χ4n) is 2.96. The molecule has 3 heteroatoms. The molecule has 1 N–H and O–H groups in total.